The molecule has 2 aliphatic heterocycles. The van der Waals surface area contributed by atoms with Crippen molar-refractivity contribution in [3.8, 4) is 0 Å². The summed E-state index contributed by atoms with van der Waals surface area (Å²) in [5.41, 5.74) is 2.48. The zero-order valence-electron chi connectivity index (χ0n) is 18.5. The number of nitrogens with one attached hydrogen (secondary N) is 1. The molecule has 6 rings (SSSR count). The van der Waals surface area contributed by atoms with Crippen molar-refractivity contribution in [1.29, 1.82) is 0 Å². The van der Waals surface area contributed by atoms with Crippen LogP contribution in [0.2, 0.25) is 0 Å². The van der Waals surface area contributed by atoms with Crippen LogP contribution in [0.1, 0.15) is 16.9 Å². The van der Waals surface area contributed by atoms with E-state index in [0.29, 0.717) is 15.1 Å². The number of carbonyl (C=O) groups excluding carboxylic acids is 1. The maximum atomic E-state index is 13.5. The number of hydrogen-bond acceptors (Lipinski definition) is 6. The van der Waals surface area contributed by atoms with Crippen molar-refractivity contribution in [2.24, 2.45) is 4.99 Å². The van der Waals surface area contributed by atoms with E-state index in [2.05, 4.69) is 5.43 Å². The van der Waals surface area contributed by atoms with Gasteiger partial charge in [0.25, 0.3) is 5.56 Å². The van der Waals surface area contributed by atoms with Crippen LogP contribution in [0, 0.1) is 0 Å². The lowest BCUT2D eigenvalue weighted by atomic mass is 9.80. The van der Waals surface area contributed by atoms with E-state index in [1.54, 1.807) is 48.4 Å². The molecule has 1 N–H and O–H groups in total. The van der Waals surface area contributed by atoms with Crippen molar-refractivity contribution in [3.05, 3.63) is 116 Å². The number of rotatable bonds is 3. The number of urea groups is 1. The molecule has 0 radical (unpaired) electrons. The van der Waals surface area contributed by atoms with Crippen molar-refractivity contribution in [3.63, 3.8) is 0 Å². The summed E-state index contributed by atoms with van der Waals surface area (Å²) >= 11 is 1.25. The number of thiazole rings is 1. The van der Waals surface area contributed by atoms with Gasteiger partial charge in [0, 0.05) is 31.3 Å². The highest BCUT2D eigenvalue weighted by atomic mass is 32.1. The molecule has 0 aliphatic carbocycles. The Hall–Kier alpha value is -4.11. The van der Waals surface area contributed by atoms with E-state index in [9.17, 15) is 9.59 Å². The molecule has 1 fully saturated rings. The molecule has 4 heterocycles. The van der Waals surface area contributed by atoms with Crippen LogP contribution in [0.15, 0.2) is 93.3 Å². The van der Waals surface area contributed by atoms with E-state index >= 15 is 0 Å². The molecular formula is C25H21N5O3S. The minimum absolute atomic E-state index is 0.213. The van der Waals surface area contributed by atoms with E-state index in [0.717, 1.165) is 11.1 Å². The molecule has 0 bridgehead atoms. The van der Waals surface area contributed by atoms with Crippen molar-refractivity contribution >= 4 is 23.4 Å². The molecule has 2 amide bonds. The smallest absolute Gasteiger partial charge is 0.324 e. The third-order valence-corrected chi connectivity index (χ3v) is 7.56. The van der Waals surface area contributed by atoms with Crippen molar-refractivity contribution in [1.82, 2.24) is 14.5 Å². The van der Waals surface area contributed by atoms with Gasteiger partial charge in [0.05, 0.1) is 6.26 Å². The second-order valence-electron chi connectivity index (χ2n) is 8.29. The number of fused-ring (bicyclic) bond motifs is 2. The average molecular weight is 472 g/mol. The highest BCUT2D eigenvalue weighted by Crippen LogP contribution is 2.53. The Balaban J connectivity index is 1.74. The molecule has 8 nitrogen and oxygen atoms in total. The van der Waals surface area contributed by atoms with Crippen LogP contribution in [0.25, 0.3) is 6.08 Å². The van der Waals surface area contributed by atoms with Crippen molar-refractivity contribution < 1.29 is 9.21 Å². The van der Waals surface area contributed by atoms with E-state index in [-0.39, 0.29) is 11.6 Å². The van der Waals surface area contributed by atoms with E-state index in [1.165, 1.54) is 16.0 Å². The Bertz CT molecular complexity index is 1560. The highest BCUT2D eigenvalue weighted by molar-refractivity contribution is 7.07. The average Bonchev–Trinajstić information content (AvgIpc) is 3.54. The topological polar surface area (TPSA) is 83.1 Å². The van der Waals surface area contributed by atoms with Crippen LogP contribution in [0.5, 0.6) is 0 Å². The lowest BCUT2D eigenvalue weighted by molar-refractivity contribution is 0.0648. The zero-order chi connectivity index (χ0) is 23.5. The highest BCUT2D eigenvalue weighted by Gasteiger charge is 2.69. The fraction of sp³-hybridized carbons (Fsp3) is 0.160. The Labute approximate surface area is 198 Å². The molecule has 170 valence electrons. The minimum Gasteiger partial charge on any atom is -0.465 e. The number of amides is 2. The van der Waals surface area contributed by atoms with Gasteiger partial charge in [-0.25, -0.2) is 9.79 Å². The van der Waals surface area contributed by atoms with Gasteiger partial charge in [-0.1, -0.05) is 72.0 Å². The first-order valence-electron chi connectivity index (χ1n) is 10.8. The fourth-order valence-corrected chi connectivity index (χ4v) is 5.97. The lowest BCUT2D eigenvalue weighted by Crippen LogP contribution is -2.67. The first kappa shape index (κ1) is 20.5. The second-order valence-corrected chi connectivity index (χ2v) is 9.30. The molecule has 1 saturated heterocycles. The summed E-state index contributed by atoms with van der Waals surface area (Å²) in [5.74, 6) is 0.580. The van der Waals surface area contributed by atoms with Gasteiger partial charge in [0.2, 0.25) is 16.1 Å². The fourth-order valence-electron chi connectivity index (χ4n) is 5.02. The van der Waals surface area contributed by atoms with Gasteiger partial charge in [-0.15, -0.1) is 0 Å². The Morgan fingerprint density at radius 2 is 1.59 bits per heavy atom. The number of hydrogen-bond donors (Lipinski definition) is 1. The third kappa shape index (κ3) is 2.50. The van der Waals surface area contributed by atoms with E-state index < -0.39 is 11.3 Å². The molecule has 0 spiro atoms. The molecular weight excluding hydrogens is 450 g/mol. The summed E-state index contributed by atoms with van der Waals surface area (Å²) in [5, 5.41) is 0. The largest absolute Gasteiger partial charge is 0.465 e. The molecule has 0 unspecified atom stereocenters. The van der Waals surface area contributed by atoms with Crippen LogP contribution in [-0.2, 0) is 11.3 Å². The monoisotopic (exact) mass is 471 g/mol. The van der Waals surface area contributed by atoms with Gasteiger partial charge >= 0.3 is 6.03 Å². The molecule has 2 aromatic heterocycles. The zero-order valence-corrected chi connectivity index (χ0v) is 19.3. The van der Waals surface area contributed by atoms with Gasteiger partial charge in [0.15, 0.2) is 0 Å². The summed E-state index contributed by atoms with van der Waals surface area (Å²) in [7, 11) is 3.48. The van der Waals surface area contributed by atoms with Crippen LogP contribution in [0.4, 0.5) is 4.79 Å². The number of aromatic nitrogens is 1. The SMILES string of the molecule is CN1C(=O)N(C)[C@]2(c3ccccc3)Nn3c(s/c(=C/c4ccco4)c3=O)=N[C@@]12c1ccccc1. The predicted molar refractivity (Wildman–Crippen MR) is 128 cm³/mol. The summed E-state index contributed by atoms with van der Waals surface area (Å²) in [6.07, 6.45) is 3.27. The van der Waals surface area contributed by atoms with Gasteiger partial charge in [-0.3, -0.25) is 20.0 Å². The molecule has 2 atom stereocenters. The lowest BCUT2D eigenvalue weighted by Gasteiger charge is -2.49. The Kier molecular flexibility index (Phi) is 4.34. The molecule has 2 aliphatic rings. The van der Waals surface area contributed by atoms with Crippen LogP contribution in [-0.4, -0.2) is 34.6 Å². The number of furan rings is 1. The number of benzene rings is 2. The van der Waals surface area contributed by atoms with Gasteiger partial charge < -0.3 is 4.42 Å². The molecule has 4 aromatic rings. The van der Waals surface area contributed by atoms with Crippen molar-refractivity contribution in [2.75, 3.05) is 19.5 Å². The van der Waals surface area contributed by atoms with Gasteiger partial charge in [0.1, 0.15) is 10.3 Å². The van der Waals surface area contributed by atoms with Crippen LogP contribution in [0.3, 0.4) is 0 Å². The van der Waals surface area contributed by atoms with Gasteiger partial charge in [-0.05, 0) is 12.1 Å². The normalized spacial score (nSPS) is 23.9. The Morgan fingerprint density at radius 1 is 0.912 bits per heavy atom. The summed E-state index contributed by atoms with van der Waals surface area (Å²) in [6, 6.07) is 22.7. The second kappa shape index (κ2) is 7.19. The number of carbonyl (C=O) groups is 1. The summed E-state index contributed by atoms with van der Waals surface area (Å²) < 4.78 is 7.33. The van der Waals surface area contributed by atoms with E-state index in [1.807, 2.05) is 60.7 Å². The van der Waals surface area contributed by atoms with Crippen LogP contribution < -0.4 is 20.3 Å². The maximum Gasteiger partial charge on any atom is 0.324 e. The first-order chi connectivity index (χ1) is 16.5. The summed E-state index contributed by atoms with van der Waals surface area (Å²) in [4.78, 5) is 35.9. The number of likely N-dealkylation sites (N-methyl/N-ethyl adjacent to an activating group) is 2. The molecule has 2 aromatic carbocycles. The summed E-state index contributed by atoms with van der Waals surface area (Å²) in [6.45, 7) is 0. The van der Waals surface area contributed by atoms with Crippen LogP contribution >= 0.6 is 11.3 Å². The standard InChI is InChI=1S/C25H21N5O3S/c1-28-23(32)29(2)25(18-12-7-4-8-13-18)24(28,17-10-5-3-6-11-17)26-22-30(27-25)21(31)20(34-22)16-19-14-9-15-33-19/h3-16,27H,1-2H3/b20-16+/t24-,25-/m0/s1. The molecule has 0 saturated carbocycles. The van der Waals surface area contributed by atoms with Crippen molar-refractivity contribution in [2.45, 2.75) is 11.3 Å². The third-order valence-electron chi connectivity index (χ3n) is 6.59. The first-order valence-corrected chi connectivity index (χ1v) is 11.6. The minimum atomic E-state index is -1.18. The maximum absolute atomic E-state index is 13.5. The Morgan fingerprint density at radius 3 is 2.24 bits per heavy atom. The molecule has 9 heteroatoms. The predicted octanol–water partition coefficient (Wildman–Crippen LogP) is 2.21. The molecule has 34 heavy (non-hydrogen) atoms. The van der Waals surface area contributed by atoms with E-state index in [4.69, 9.17) is 9.41 Å². The quantitative estimate of drug-likeness (QED) is 0.497. The van der Waals surface area contributed by atoms with Gasteiger partial charge in [-0.2, -0.15) is 4.68 Å². The number of nitrogens with zero attached hydrogens (tertiary/aromatic N) is 4.